The molecule has 0 bridgehead atoms. The molecule has 31 heavy (non-hydrogen) atoms. The second-order valence-corrected chi connectivity index (χ2v) is 10.0. The van der Waals surface area contributed by atoms with Crippen molar-refractivity contribution < 1.29 is 28.3 Å². The maximum Gasteiger partial charge on any atom is 0.495 e. The van der Waals surface area contributed by atoms with Crippen molar-refractivity contribution in [2.75, 3.05) is 27.3 Å². The van der Waals surface area contributed by atoms with Crippen molar-refractivity contribution in [1.29, 1.82) is 0 Å². The van der Waals surface area contributed by atoms with Crippen LogP contribution in [0.15, 0.2) is 12.1 Å². The number of methoxy groups -OCH3 is 2. The van der Waals surface area contributed by atoms with Crippen molar-refractivity contribution in [2.45, 2.75) is 78.1 Å². The van der Waals surface area contributed by atoms with Gasteiger partial charge in [-0.15, -0.1) is 0 Å². The predicted octanol–water partition coefficient (Wildman–Crippen LogP) is 3.04. The van der Waals surface area contributed by atoms with Gasteiger partial charge in [0.1, 0.15) is 17.1 Å². The molecule has 8 heteroatoms. The summed E-state index contributed by atoms with van der Waals surface area (Å²) in [6, 6.07) is 3.87. The van der Waals surface area contributed by atoms with Crippen LogP contribution in [0.2, 0.25) is 0 Å². The Labute approximate surface area is 187 Å². The van der Waals surface area contributed by atoms with E-state index in [4.69, 9.17) is 23.5 Å². The molecule has 1 aliphatic rings. The topological polar surface area (TPSA) is 75.3 Å². The Morgan fingerprint density at radius 2 is 1.55 bits per heavy atom. The van der Waals surface area contributed by atoms with Crippen LogP contribution in [0.5, 0.6) is 11.5 Å². The monoisotopic (exact) mass is 435 g/mol. The fourth-order valence-electron chi connectivity index (χ4n) is 3.43. The number of carbonyl (C=O) groups is 1. The Hall–Kier alpha value is -1.77. The molecular weight excluding hydrogens is 397 g/mol. The summed E-state index contributed by atoms with van der Waals surface area (Å²) in [4.78, 5) is 12.0. The molecular formula is C23H38BNO6. The Bertz CT molecular complexity index is 746. The molecule has 1 saturated heterocycles. The molecule has 1 fully saturated rings. The van der Waals surface area contributed by atoms with E-state index in [2.05, 4.69) is 12.2 Å². The third-order valence-electron chi connectivity index (χ3n) is 5.72. The summed E-state index contributed by atoms with van der Waals surface area (Å²) in [5.74, 6) is 1.13. The number of ether oxygens (including phenoxy) is 3. The number of hydrogen-bond donors (Lipinski definition) is 1. The van der Waals surface area contributed by atoms with Gasteiger partial charge in [0.05, 0.1) is 32.0 Å². The Morgan fingerprint density at radius 1 is 1.06 bits per heavy atom. The van der Waals surface area contributed by atoms with Crippen molar-refractivity contribution in [3.8, 4) is 11.5 Å². The highest BCUT2D eigenvalue weighted by Crippen LogP contribution is 2.39. The van der Waals surface area contributed by atoms with Crippen LogP contribution in [0.25, 0.3) is 0 Å². The van der Waals surface area contributed by atoms with Crippen LogP contribution >= 0.6 is 0 Å². The molecule has 0 spiro atoms. The van der Waals surface area contributed by atoms with Gasteiger partial charge in [0.2, 0.25) is 0 Å². The van der Waals surface area contributed by atoms with Crippen LogP contribution in [0, 0.1) is 0 Å². The molecule has 1 N–H and O–H groups in total. The van der Waals surface area contributed by atoms with E-state index in [1.54, 1.807) is 14.2 Å². The standard InChI is InChI=1S/C23H38BNO6/c1-15(13-25-14-19(26)29-21(2,3)4)20-17(27-9)11-16(12-18(20)28-10)24-30-22(5,6)23(7,8)31-24/h11-12,15,25H,13-14H2,1-10H3. The average Bonchev–Trinajstić information content (AvgIpc) is 2.86. The lowest BCUT2D eigenvalue weighted by atomic mass is 9.77. The second kappa shape index (κ2) is 9.39. The molecule has 1 atom stereocenters. The molecule has 174 valence electrons. The molecule has 0 saturated carbocycles. The highest BCUT2D eigenvalue weighted by Gasteiger charge is 2.52. The zero-order valence-electron chi connectivity index (χ0n) is 20.7. The molecule has 0 aromatic heterocycles. The molecule has 0 amide bonds. The lowest BCUT2D eigenvalue weighted by Crippen LogP contribution is -2.41. The second-order valence-electron chi connectivity index (χ2n) is 10.0. The smallest absolute Gasteiger partial charge is 0.495 e. The summed E-state index contributed by atoms with van der Waals surface area (Å²) in [6.07, 6.45) is 0. The van der Waals surface area contributed by atoms with E-state index in [0.29, 0.717) is 18.0 Å². The minimum Gasteiger partial charge on any atom is -0.496 e. The predicted molar refractivity (Wildman–Crippen MR) is 122 cm³/mol. The highest BCUT2D eigenvalue weighted by molar-refractivity contribution is 6.62. The van der Waals surface area contributed by atoms with E-state index in [1.165, 1.54) is 0 Å². The summed E-state index contributed by atoms with van der Waals surface area (Å²) in [6.45, 7) is 16.4. The number of rotatable bonds is 8. The van der Waals surface area contributed by atoms with Crippen molar-refractivity contribution in [2.24, 2.45) is 0 Å². The molecule has 1 aliphatic heterocycles. The van der Waals surface area contributed by atoms with Gasteiger partial charge >= 0.3 is 13.1 Å². The van der Waals surface area contributed by atoms with Gasteiger partial charge in [0, 0.05) is 18.0 Å². The van der Waals surface area contributed by atoms with Crippen LogP contribution in [-0.4, -0.2) is 57.2 Å². The maximum atomic E-state index is 12.0. The Morgan fingerprint density at radius 3 is 1.97 bits per heavy atom. The number of esters is 1. The number of benzene rings is 1. The SMILES string of the molecule is COc1cc(B2OC(C)(C)C(C)(C)O2)cc(OC)c1C(C)CNCC(=O)OC(C)(C)C. The normalized spacial score (nSPS) is 18.6. The van der Waals surface area contributed by atoms with Gasteiger partial charge in [-0.3, -0.25) is 4.79 Å². The van der Waals surface area contributed by atoms with Crippen LogP contribution in [-0.2, 0) is 18.8 Å². The Kier molecular flexibility index (Phi) is 7.72. The fraction of sp³-hybridized carbons (Fsp3) is 0.696. The molecule has 1 aromatic rings. The number of hydrogen-bond acceptors (Lipinski definition) is 7. The first-order valence-electron chi connectivity index (χ1n) is 10.7. The molecule has 1 unspecified atom stereocenters. The van der Waals surface area contributed by atoms with Crippen LogP contribution in [0.3, 0.4) is 0 Å². The van der Waals surface area contributed by atoms with Crippen LogP contribution < -0.4 is 20.3 Å². The minimum absolute atomic E-state index is 0.0275. The van der Waals surface area contributed by atoms with Crippen molar-refractivity contribution in [1.82, 2.24) is 5.32 Å². The summed E-state index contributed by atoms with van der Waals surface area (Å²) in [7, 11) is 2.75. The van der Waals surface area contributed by atoms with Gasteiger partial charge in [-0.05, 0) is 66.1 Å². The molecule has 1 heterocycles. The van der Waals surface area contributed by atoms with Gasteiger partial charge in [0.25, 0.3) is 0 Å². The van der Waals surface area contributed by atoms with E-state index < -0.39 is 23.9 Å². The number of carbonyl (C=O) groups excluding carboxylic acids is 1. The molecule has 0 aliphatic carbocycles. The van der Waals surface area contributed by atoms with Crippen LogP contribution in [0.4, 0.5) is 0 Å². The summed E-state index contributed by atoms with van der Waals surface area (Å²) >= 11 is 0. The van der Waals surface area contributed by atoms with E-state index in [1.807, 2.05) is 60.6 Å². The molecule has 7 nitrogen and oxygen atoms in total. The van der Waals surface area contributed by atoms with Crippen LogP contribution in [0.1, 0.15) is 66.9 Å². The van der Waals surface area contributed by atoms with E-state index in [0.717, 1.165) is 11.0 Å². The first-order valence-corrected chi connectivity index (χ1v) is 10.7. The molecule has 0 radical (unpaired) electrons. The average molecular weight is 435 g/mol. The number of nitrogens with one attached hydrogen (secondary N) is 1. The van der Waals surface area contributed by atoms with Crippen molar-refractivity contribution >= 4 is 18.6 Å². The molecule has 2 rings (SSSR count). The van der Waals surface area contributed by atoms with Gasteiger partial charge in [-0.1, -0.05) is 6.92 Å². The van der Waals surface area contributed by atoms with Gasteiger partial charge in [-0.2, -0.15) is 0 Å². The van der Waals surface area contributed by atoms with E-state index in [9.17, 15) is 4.79 Å². The van der Waals surface area contributed by atoms with Gasteiger partial charge < -0.3 is 28.8 Å². The van der Waals surface area contributed by atoms with Crippen molar-refractivity contribution in [3.05, 3.63) is 17.7 Å². The molecule has 1 aromatic carbocycles. The first kappa shape index (κ1) is 25.5. The maximum absolute atomic E-state index is 12.0. The lowest BCUT2D eigenvalue weighted by Gasteiger charge is -2.32. The Balaban J connectivity index is 2.18. The summed E-state index contributed by atoms with van der Waals surface area (Å²) < 4.78 is 29.1. The minimum atomic E-state index is -0.512. The first-order chi connectivity index (χ1) is 14.2. The summed E-state index contributed by atoms with van der Waals surface area (Å²) in [5.41, 5.74) is 0.387. The van der Waals surface area contributed by atoms with E-state index in [-0.39, 0.29) is 18.4 Å². The largest absolute Gasteiger partial charge is 0.496 e. The quantitative estimate of drug-likeness (QED) is 0.497. The third-order valence-corrected chi connectivity index (χ3v) is 5.72. The highest BCUT2D eigenvalue weighted by atomic mass is 16.7. The zero-order valence-corrected chi connectivity index (χ0v) is 20.7. The third kappa shape index (κ3) is 6.15. The fourth-order valence-corrected chi connectivity index (χ4v) is 3.43. The van der Waals surface area contributed by atoms with Gasteiger partial charge in [-0.25, -0.2) is 0 Å². The summed E-state index contributed by atoms with van der Waals surface area (Å²) in [5, 5.41) is 3.16. The van der Waals surface area contributed by atoms with E-state index >= 15 is 0 Å². The van der Waals surface area contributed by atoms with Crippen molar-refractivity contribution in [3.63, 3.8) is 0 Å². The lowest BCUT2D eigenvalue weighted by molar-refractivity contribution is -0.153. The van der Waals surface area contributed by atoms with Gasteiger partial charge in [0.15, 0.2) is 0 Å². The zero-order chi connectivity index (χ0) is 23.6.